The van der Waals surface area contributed by atoms with Crippen LogP contribution in [-0.4, -0.2) is 159 Å². The second-order valence-electron chi connectivity index (χ2n) is 6.23. The summed E-state index contributed by atoms with van der Waals surface area (Å²) in [7, 11) is 13.0. The molecule has 0 fully saturated rings. The predicted molar refractivity (Wildman–Crippen MR) is 124 cm³/mol. The van der Waals surface area contributed by atoms with E-state index in [1.165, 1.54) is 64.0 Å². The Balaban J connectivity index is -0.000000218. The zero-order valence-corrected chi connectivity index (χ0v) is 24.7. The van der Waals surface area contributed by atoms with Crippen molar-refractivity contribution in [2.24, 2.45) is 0 Å². The maximum Gasteiger partial charge on any atom is 3.00 e. The van der Waals surface area contributed by atoms with E-state index in [4.69, 9.17) is 56.8 Å². The van der Waals surface area contributed by atoms with E-state index in [1.807, 2.05) is 0 Å². The van der Waals surface area contributed by atoms with Crippen LogP contribution in [0.5, 0.6) is 0 Å². The zero-order chi connectivity index (χ0) is 28.3. The Morgan fingerprint density at radius 3 is 0.703 bits per heavy atom. The Labute approximate surface area is 231 Å². The molecule has 0 saturated heterocycles. The summed E-state index contributed by atoms with van der Waals surface area (Å²) in [6.07, 6.45) is 0. The monoisotopic (exact) mass is 564 g/mol. The molecule has 0 radical (unpaired) electrons. The molecule has 0 rings (SSSR count). The van der Waals surface area contributed by atoms with Crippen molar-refractivity contribution >= 4 is 17.4 Å². The summed E-state index contributed by atoms with van der Waals surface area (Å²) in [5.74, 6) is -3.71. The number of hydrogen-bond donors (Lipinski definition) is 0. The van der Waals surface area contributed by atoms with Crippen molar-refractivity contribution in [2.75, 3.05) is 123 Å². The molecule has 0 N–H and O–H groups in total. The van der Waals surface area contributed by atoms with Gasteiger partial charge in [0.1, 0.15) is 19.8 Å². The second kappa shape index (κ2) is 28.9. The van der Waals surface area contributed by atoms with Gasteiger partial charge in [-0.25, -0.2) is 0 Å². The predicted octanol–water partition coefficient (Wildman–Crippen LogP) is -3.51. The van der Waals surface area contributed by atoms with Crippen LogP contribution in [0.15, 0.2) is 0 Å². The first-order valence-electron chi connectivity index (χ1n) is 10.7. The van der Waals surface area contributed by atoms with E-state index in [0.29, 0.717) is 0 Å². The minimum Gasteiger partial charge on any atom is -0.853 e. The van der Waals surface area contributed by atoms with Crippen molar-refractivity contribution in [1.82, 2.24) is 0 Å². The van der Waals surface area contributed by atoms with Gasteiger partial charge < -0.3 is 72.2 Å². The molecule has 0 aliphatic heterocycles. The molecule has 16 heteroatoms. The third-order valence-corrected chi connectivity index (χ3v) is 4.05. The fraction of sp³-hybridized carbons (Fsp3) is 1.00. The SMILES string of the molecule is COCC(OC)(OC)OCC[O-].COCC(OC)(OC)OCC[O-].COCC(OC)(OC)OCC[O-].[Al+3]. The van der Waals surface area contributed by atoms with E-state index >= 15 is 0 Å². The van der Waals surface area contributed by atoms with E-state index in [-0.39, 0.29) is 76.8 Å². The summed E-state index contributed by atoms with van der Waals surface area (Å²) in [5, 5.41) is 30.4. The molecule has 37 heavy (non-hydrogen) atoms. The topological polar surface area (TPSA) is 180 Å². The van der Waals surface area contributed by atoms with E-state index in [9.17, 15) is 15.3 Å². The summed E-state index contributed by atoms with van der Waals surface area (Å²) in [6, 6.07) is 0. The van der Waals surface area contributed by atoms with E-state index in [0.717, 1.165) is 0 Å². The zero-order valence-electron chi connectivity index (χ0n) is 23.6. The van der Waals surface area contributed by atoms with Gasteiger partial charge in [-0.3, -0.25) is 0 Å². The van der Waals surface area contributed by atoms with Crippen LogP contribution < -0.4 is 15.3 Å². The standard InChI is InChI=1S/3C7H15O5.Al/c3*1-9-6-7(10-2,11-3)12-5-4-8;/h3*4-6H2,1-3H3;/q3*-1;+3. The van der Waals surface area contributed by atoms with Crippen LogP contribution in [0, 0.1) is 0 Å². The maximum absolute atomic E-state index is 10.1. The maximum atomic E-state index is 10.1. The third-order valence-electron chi connectivity index (χ3n) is 4.05. The Morgan fingerprint density at radius 1 is 0.405 bits per heavy atom. The summed E-state index contributed by atoms with van der Waals surface area (Å²) in [4.78, 5) is 0. The average Bonchev–Trinajstić information content (AvgIpc) is 2.92. The fourth-order valence-electron chi connectivity index (χ4n) is 2.20. The van der Waals surface area contributed by atoms with Crippen molar-refractivity contribution in [2.45, 2.75) is 17.9 Å². The first-order chi connectivity index (χ1) is 17.2. The van der Waals surface area contributed by atoms with Crippen LogP contribution >= 0.6 is 0 Å². The van der Waals surface area contributed by atoms with Crippen molar-refractivity contribution in [1.29, 1.82) is 0 Å². The molecular formula is C21H45AlO15. The Bertz CT molecular complexity index is 374. The molecule has 0 heterocycles. The van der Waals surface area contributed by atoms with Gasteiger partial charge in [0.2, 0.25) is 0 Å². The molecule has 0 unspecified atom stereocenters. The largest absolute Gasteiger partial charge is 3.00 e. The smallest absolute Gasteiger partial charge is 0.853 e. The first-order valence-corrected chi connectivity index (χ1v) is 10.7. The van der Waals surface area contributed by atoms with Gasteiger partial charge >= 0.3 is 35.3 Å². The molecule has 0 aromatic rings. The molecule has 0 saturated carbocycles. The summed E-state index contributed by atoms with van der Waals surface area (Å²) in [5.41, 5.74) is 0. The number of ether oxygens (including phenoxy) is 12. The van der Waals surface area contributed by atoms with Gasteiger partial charge in [-0.2, -0.15) is 0 Å². The first kappa shape index (κ1) is 44.0. The summed E-state index contributed by atoms with van der Waals surface area (Å²) >= 11 is 0. The van der Waals surface area contributed by atoms with E-state index in [2.05, 4.69) is 0 Å². The van der Waals surface area contributed by atoms with Crippen molar-refractivity contribution in [3.8, 4) is 0 Å². The average molecular weight is 565 g/mol. The molecule has 0 bridgehead atoms. The van der Waals surface area contributed by atoms with Gasteiger partial charge in [0, 0.05) is 83.8 Å². The molecule has 15 nitrogen and oxygen atoms in total. The van der Waals surface area contributed by atoms with Gasteiger partial charge in [-0.1, -0.05) is 0 Å². The van der Waals surface area contributed by atoms with Crippen LogP contribution in [0.4, 0.5) is 0 Å². The van der Waals surface area contributed by atoms with Gasteiger partial charge in [-0.15, -0.1) is 19.8 Å². The van der Waals surface area contributed by atoms with Gasteiger partial charge in [0.25, 0.3) is 0 Å². The fourth-order valence-corrected chi connectivity index (χ4v) is 2.20. The quantitative estimate of drug-likeness (QED) is 0.0988. The molecule has 0 amide bonds. The molecule has 0 aromatic heterocycles. The molecule has 0 aliphatic rings. The van der Waals surface area contributed by atoms with E-state index in [1.54, 1.807) is 0 Å². The van der Waals surface area contributed by atoms with E-state index < -0.39 is 17.9 Å². The number of hydrogen-bond acceptors (Lipinski definition) is 15. The van der Waals surface area contributed by atoms with Gasteiger partial charge in [0.05, 0.1) is 0 Å². The Morgan fingerprint density at radius 2 is 0.595 bits per heavy atom. The molecule has 222 valence electrons. The summed E-state index contributed by atoms with van der Waals surface area (Å²) < 4.78 is 59.1. The third kappa shape index (κ3) is 20.5. The van der Waals surface area contributed by atoms with Gasteiger partial charge in [-0.05, 0) is 0 Å². The van der Waals surface area contributed by atoms with Crippen LogP contribution in [-0.2, 0) is 56.8 Å². The molecule has 0 aromatic carbocycles. The van der Waals surface area contributed by atoms with Crippen LogP contribution in [0.1, 0.15) is 0 Å². The van der Waals surface area contributed by atoms with Crippen LogP contribution in [0.2, 0.25) is 0 Å². The Kier molecular flexibility index (Phi) is 34.4. The normalized spacial score (nSPS) is 11.7. The molecular weight excluding hydrogens is 519 g/mol. The molecule has 0 aliphatic carbocycles. The van der Waals surface area contributed by atoms with Crippen molar-refractivity contribution in [3.63, 3.8) is 0 Å². The van der Waals surface area contributed by atoms with Crippen LogP contribution in [0.25, 0.3) is 0 Å². The Hall–Kier alpha value is -0.0675. The van der Waals surface area contributed by atoms with Crippen molar-refractivity contribution < 1.29 is 72.2 Å². The molecule has 0 spiro atoms. The number of rotatable bonds is 21. The van der Waals surface area contributed by atoms with Gasteiger partial charge in [0.15, 0.2) is 0 Å². The van der Waals surface area contributed by atoms with Crippen LogP contribution in [0.3, 0.4) is 0 Å². The second-order valence-corrected chi connectivity index (χ2v) is 6.23. The van der Waals surface area contributed by atoms with Crippen molar-refractivity contribution in [3.05, 3.63) is 0 Å². The summed E-state index contributed by atoms with van der Waals surface area (Å²) in [6.45, 7) is -0.532. The minimum atomic E-state index is -1.24. The number of methoxy groups -OCH3 is 9. The minimum absolute atomic E-state index is 0. The molecule has 0 atom stereocenters.